The second-order valence-electron chi connectivity index (χ2n) is 3.52. The first-order chi connectivity index (χ1) is 6.73. The molecule has 82 valence electrons. The van der Waals surface area contributed by atoms with Gasteiger partial charge in [-0.2, -0.15) is 13.2 Å². The molecule has 4 heteroatoms. The van der Waals surface area contributed by atoms with Crippen LogP contribution in [-0.2, 0) is 6.18 Å². The van der Waals surface area contributed by atoms with Crippen molar-refractivity contribution in [2.24, 2.45) is 0 Å². The van der Waals surface area contributed by atoms with Gasteiger partial charge in [-0.15, -0.1) is 0 Å². The molecule has 0 aliphatic heterocycles. The second kappa shape index (κ2) is 3.68. The number of Topliss-reactive ketones (excluding diaryl/α,β-unsaturated/α-hetero) is 1. The van der Waals surface area contributed by atoms with Gasteiger partial charge in [0.25, 0.3) is 0 Å². The summed E-state index contributed by atoms with van der Waals surface area (Å²) < 4.78 is 37.3. The number of alkyl halides is 3. The standard InChI is InChI=1S/C11H11F3O/c1-6-4-9(11(12,13)14)5-10(7(6)2)8(3)15/h4-5H,1-3H3. The highest BCUT2D eigenvalue weighted by atomic mass is 19.4. The maximum Gasteiger partial charge on any atom is 0.416 e. The van der Waals surface area contributed by atoms with E-state index in [9.17, 15) is 18.0 Å². The summed E-state index contributed by atoms with van der Waals surface area (Å²) >= 11 is 0. The van der Waals surface area contributed by atoms with E-state index in [2.05, 4.69) is 0 Å². The van der Waals surface area contributed by atoms with E-state index >= 15 is 0 Å². The van der Waals surface area contributed by atoms with E-state index in [0.29, 0.717) is 11.1 Å². The normalized spacial score (nSPS) is 11.6. The monoisotopic (exact) mass is 216 g/mol. The smallest absolute Gasteiger partial charge is 0.295 e. The van der Waals surface area contributed by atoms with E-state index in [1.54, 1.807) is 13.8 Å². The van der Waals surface area contributed by atoms with Crippen LogP contribution in [0.3, 0.4) is 0 Å². The third-order valence-electron chi connectivity index (χ3n) is 2.37. The molecular formula is C11H11F3O. The van der Waals surface area contributed by atoms with Crippen molar-refractivity contribution >= 4 is 5.78 Å². The molecule has 0 radical (unpaired) electrons. The lowest BCUT2D eigenvalue weighted by atomic mass is 9.97. The molecule has 0 amide bonds. The molecule has 0 fully saturated rings. The van der Waals surface area contributed by atoms with Gasteiger partial charge in [0.15, 0.2) is 5.78 Å². The zero-order valence-electron chi connectivity index (χ0n) is 8.70. The third kappa shape index (κ3) is 2.37. The summed E-state index contributed by atoms with van der Waals surface area (Å²) in [6.07, 6.45) is -4.40. The molecule has 0 bridgehead atoms. The largest absolute Gasteiger partial charge is 0.416 e. The van der Waals surface area contributed by atoms with Gasteiger partial charge in [0, 0.05) is 5.56 Å². The molecule has 1 aromatic carbocycles. The van der Waals surface area contributed by atoms with Crippen LogP contribution >= 0.6 is 0 Å². The zero-order chi connectivity index (χ0) is 11.8. The highest BCUT2D eigenvalue weighted by Gasteiger charge is 2.31. The number of rotatable bonds is 1. The van der Waals surface area contributed by atoms with E-state index in [1.165, 1.54) is 6.92 Å². The van der Waals surface area contributed by atoms with Crippen LogP contribution in [0.1, 0.15) is 34.0 Å². The van der Waals surface area contributed by atoms with Crippen LogP contribution in [-0.4, -0.2) is 5.78 Å². The lowest BCUT2D eigenvalue weighted by Gasteiger charge is -2.12. The second-order valence-corrected chi connectivity index (χ2v) is 3.52. The van der Waals surface area contributed by atoms with Crippen molar-refractivity contribution in [1.82, 2.24) is 0 Å². The molecule has 0 aliphatic rings. The number of hydrogen-bond acceptors (Lipinski definition) is 1. The number of carbonyl (C=O) groups is 1. The first kappa shape index (κ1) is 11.8. The fourth-order valence-corrected chi connectivity index (χ4v) is 1.39. The molecular weight excluding hydrogens is 205 g/mol. The van der Waals surface area contributed by atoms with Gasteiger partial charge in [0.05, 0.1) is 5.56 Å². The van der Waals surface area contributed by atoms with Crippen molar-refractivity contribution in [3.8, 4) is 0 Å². The molecule has 0 N–H and O–H groups in total. The summed E-state index contributed by atoms with van der Waals surface area (Å²) in [5.41, 5.74) is 0.462. The van der Waals surface area contributed by atoms with Gasteiger partial charge in [-0.05, 0) is 44.0 Å². The molecule has 0 atom stereocenters. The van der Waals surface area contributed by atoms with Crippen molar-refractivity contribution in [2.45, 2.75) is 26.9 Å². The molecule has 1 aromatic rings. The van der Waals surface area contributed by atoms with Gasteiger partial charge in [0.1, 0.15) is 0 Å². The third-order valence-corrected chi connectivity index (χ3v) is 2.37. The summed E-state index contributed by atoms with van der Waals surface area (Å²) in [5.74, 6) is -0.346. The summed E-state index contributed by atoms with van der Waals surface area (Å²) in [4.78, 5) is 11.1. The Morgan fingerprint density at radius 1 is 1.20 bits per heavy atom. The van der Waals surface area contributed by atoms with Crippen LogP contribution in [0.5, 0.6) is 0 Å². The Morgan fingerprint density at radius 3 is 2.13 bits per heavy atom. The average Bonchev–Trinajstić information content (AvgIpc) is 2.06. The van der Waals surface area contributed by atoms with Gasteiger partial charge >= 0.3 is 6.18 Å². The topological polar surface area (TPSA) is 17.1 Å². The van der Waals surface area contributed by atoms with Crippen molar-refractivity contribution in [2.75, 3.05) is 0 Å². The minimum Gasteiger partial charge on any atom is -0.295 e. The van der Waals surface area contributed by atoms with Crippen LogP contribution in [0.2, 0.25) is 0 Å². The van der Waals surface area contributed by atoms with Gasteiger partial charge < -0.3 is 0 Å². The van der Waals surface area contributed by atoms with Crippen molar-refractivity contribution < 1.29 is 18.0 Å². The Kier molecular flexibility index (Phi) is 2.88. The Balaban J connectivity index is 3.43. The van der Waals surface area contributed by atoms with Crippen molar-refractivity contribution in [3.63, 3.8) is 0 Å². The number of ketones is 1. The minimum atomic E-state index is -4.40. The van der Waals surface area contributed by atoms with E-state index in [4.69, 9.17) is 0 Å². The summed E-state index contributed by atoms with van der Waals surface area (Å²) in [7, 11) is 0. The van der Waals surface area contributed by atoms with E-state index in [1.807, 2.05) is 0 Å². The SMILES string of the molecule is CC(=O)c1cc(C(F)(F)F)cc(C)c1C. The number of halogens is 3. The lowest BCUT2D eigenvalue weighted by Crippen LogP contribution is -2.09. The molecule has 0 heterocycles. The van der Waals surface area contributed by atoms with E-state index in [0.717, 1.165) is 12.1 Å². The van der Waals surface area contributed by atoms with Crippen LogP contribution < -0.4 is 0 Å². The van der Waals surface area contributed by atoms with Crippen LogP contribution in [0.15, 0.2) is 12.1 Å². The van der Waals surface area contributed by atoms with Crippen molar-refractivity contribution in [1.29, 1.82) is 0 Å². The number of benzene rings is 1. The number of hydrogen-bond donors (Lipinski definition) is 0. The highest BCUT2D eigenvalue weighted by Crippen LogP contribution is 2.32. The summed E-state index contributed by atoms with van der Waals surface area (Å²) in [6.45, 7) is 4.48. The number of carbonyl (C=O) groups excluding carboxylic acids is 1. The fraction of sp³-hybridized carbons (Fsp3) is 0.364. The molecule has 0 spiro atoms. The molecule has 1 rings (SSSR count). The zero-order valence-corrected chi connectivity index (χ0v) is 8.70. The molecule has 15 heavy (non-hydrogen) atoms. The van der Waals surface area contributed by atoms with Crippen LogP contribution in [0, 0.1) is 13.8 Å². The Bertz CT molecular complexity index is 405. The molecule has 0 saturated carbocycles. The molecule has 0 aromatic heterocycles. The lowest BCUT2D eigenvalue weighted by molar-refractivity contribution is -0.137. The Morgan fingerprint density at radius 2 is 1.73 bits per heavy atom. The van der Waals surface area contributed by atoms with Gasteiger partial charge in [-0.3, -0.25) is 4.79 Å². The predicted molar refractivity (Wildman–Crippen MR) is 50.9 cm³/mol. The first-order valence-corrected chi connectivity index (χ1v) is 4.43. The van der Waals surface area contributed by atoms with Crippen LogP contribution in [0.25, 0.3) is 0 Å². The summed E-state index contributed by atoms with van der Waals surface area (Å²) in [5, 5.41) is 0. The quantitative estimate of drug-likeness (QED) is 0.656. The van der Waals surface area contributed by atoms with Gasteiger partial charge in [-0.1, -0.05) is 0 Å². The highest BCUT2D eigenvalue weighted by molar-refractivity contribution is 5.96. The van der Waals surface area contributed by atoms with Crippen molar-refractivity contribution in [3.05, 3.63) is 34.4 Å². The minimum absolute atomic E-state index is 0.141. The first-order valence-electron chi connectivity index (χ1n) is 4.43. The number of aryl methyl sites for hydroxylation is 1. The molecule has 0 saturated heterocycles. The fourth-order valence-electron chi connectivity index (χ4n) is 1.39. The Hall–Kier alpha value is -1.32. The average molecular weight is 216 g/mol. The van der Waals surface area contributed by atoms with E-state index < -0.39 is 11.7 Å². The van der Waals surface area contributed by atoms with E-state index in [-0.39, 0.29) is 11.3 Å². The van der Waals surface area contributed by atoms with Gasteiger partial charge in [0.2, 0.25) is 0 Å². The van der Waals surface area contributed by atoms with Gasteiger partial charge in [-0.25, -0.2) is 0 Å². The molecule has 0 aliphatic carbocycles. The maximum atomic E-state index is 12.4. The van der Waals surface area contributed by atoms with Crippen LogP contribution in [0.4, 0.5) is 13.2 Å². The molecule has 0 unspecified atom stereocenters. The Labute approximate surface area is 85.9 Å². The summed E-state index contributed by atoms with van der Waals surface area (Å²) in [6, 6.07) is 1.96. The molecule has 1 nitrogen and oxygen atoms in total. The predicted octanol–water partition coefficient (Wildman–Crippen LogP) is 3.52. The maximum absolute atomic E-state index is 12.4.